The molecule has 0 radical (unpaired) electrons. The summed E-state index contributed by atoms with van der Waals surface area (Å²) in [5, 5.41) is 0. The second-order valence-corrected chi connectivity index (χ2v) is 1.25. The lowest BCUT2D eigenvalue weighted by Crippen LogP contribution is -2.17. The van der Waals surface area contributed by atoms with Crippen LogP contribution in [-0.4, -0.2) is 23.3 Å². The first-order chi connectivity index (χ1) is 3.35. The molecule has 0 fully saturated rings. The smallest absolute Gasteiger partial charge is 0.214 e. The van der Waals surface area contributed by atoms with Crippen molar-refractivity contribution in [1.82, 2.24) is 4.90 Å². The van der Waals surface area contributed by atoms with Gasteiger partial charge in [0, 0.05) is 6.54 Å². The van der Waals surface area contributed by atoms with Crippen molar-refractivity contribution in [2.24, 2.45) is 0 Å². The van der Waals surface area contributed by atoms with E-state index in [9.17, 15) is 4.79 Å². The van der Waals surface area contributed by atoms with Crippen LogP contribution in [0.5, 0.6) is 0 Å². The highest BCUT2D eigenvalue weighted by molar-refractivity contribution is 7.78. The van der Waals surface area contributed by atoms with E-state index in [0.29, 0.717) is 13.0 Å². The van der Waals surface area contributed by atoms with Gasteiger partial charge in [0.2, 0.25) is 6.41 Å². The molecule has 0 aliphatic rings. The molecule has 0 aromatic heterocycles. The minimum absolute atomic E-state index is 0.660. The van der Waals surface area contributed by atoms with Gasteiger partial charge in [-0.15, -0.1) is 0 Å². The summed E-state index contributed by atoms with van der Waals surface area (Å²) in [6.07, 6.45) is 0.701. The molecule has 0 aliphatic carbocycles. The molecule has 0 heterocycles. The Labute approximate surface area is 48.1 Å². The maximum atomic E-state index is 9.80. The summed E-state index contributed by atoms with van der Waals surface area (Å²) in [6.45, 7) is 2.52. The highest BCUT2D eigenvalue weighted by Gasteiger charge is 1.85. The number of amides is 1. The molecule has 0 spiro atoms. The second-order valence-electron chi connectivity index (χ2n) is 1.04. The van der Waals surface area contributed by atoms with Crippen LogP contribution in [-0.2, 0) is 4.79 Å². The predicted molar refractivity (Wildman–Crippen MR) is 32.1 cm³/mol. The molecule has 0 aliphatic heterocycles. The van der Waals surface area contributed by atoms with E-state index >= 15 is 0 Å². The van der Waals surface area contributed by atoms with Gasteiger partial charge in [0.15, 0.2) is 0 Å². The average molecular weight is 117 g/mol. The minimum atomic E-state index is 0.660. The summed E-state index contributed by atoms with van der Waals surface area (Å²) < 4.78 is 0. The third kappa shape index (κ3) is 2.28. The second kappa shape index (κ2) is 3.74. The van der Waals surface area contributed by atoms with E-state index in [1.54, 1.807) is 0 Å². The Bertz CT molecular complexity index is 66.1. The van der Waals surface area contributed by atoms with Crippen LogP contribution in [0.4, 0.5) is 0 Å². The minimum Gasteiger partial charge on any atom is -0.312 e. The number of nitrogens with zero attached hydrogens (tertiary/aromatic N) is 1. The fraction of sp³-hybridized carbons (Fsp3) is 0.500. The molecule has 1 amide bonds. The topological polar surface area (TPSA) is 20.3 Å². The summed E-state index contributed by atoms with van der Waals surface area (Å²) in [4.78, 5) is 11.2. The summed E-state index contributed by atoms with van der Waals surface area (Å²) >= 11 is 4.44. The van der Waals surface area contributed by atoms with E-state index in [-0.39, 0.29) is 0 Å². The fourth-order valence-corrected chi connectivity index (χ4v) is 0.373. The number of rotatable bonds is 3. The van der Waals surface area contributed by atoms with Gasteiger partial charge in [0.25, 0.3) is 0 Å². The van der Waals surface area contributed by atoms with E-state index in [1.165, 1.54) is 10.4 Å². The molecule has 0 unspecified atom stereocenters. The lowest BCUT2D eigenvalue weighted by molar-refractivity contribution is -0.114. The molecule has 0 aromatic carbocycles. The van der Waals surface area contributed by atoms with E-state index in [0.717, 1.165) is 0 Å². The van der Waals surface area contributed by atoms with Crippen molar-refractivity contribution in [3.05, 3.63) is 0 Å². The Kier molecular flexibility index (Phi) is 3.50. The molecule has 3 heteroatoms. The predicted octanol–water partition coefficient (Wildman–Crippen LogP) is 0.422. The van der Waals surface area contributed by atoms with Crippen molar-refractivity contribution in [2.45, 2.75) is 6.92 Å². The van der Waals surface area contributed by atoms with Crippen LogP contribution in [0.25, 0.3) is 0 Å². The van der Waals surface area contributed by atoms with Crippen LogP contribution in [0.15, 0.2) is 0 Å². The highest BCUT2D eigenvalue weighted by atomic mass is 32.1. The number of hydrogen-bond donors (Lipinski definition) is 0. The molecule has 0 saturated heterocycles. The van der Waals surface area contributed by atoms with Crippen molar-refractivity contribution in [3.8, 4) is 0 Å². The van der Waals surface area contributed by atoms with Gasteiger partial charge in [-0.25, -0.2) is 0 Å². The van der Waals surface area contributed by atoms with E-state index < -0.39 is 0 Å². The van der Waals surface area contributed by atoms with Crippen LogP contribution in [0.1, 0.15) is 6.92 Å². The molecule has 0 rings (SSSR count). The molecule has 0 bridgehead atoms. The fourth-order valence-electron chi connectivity index (χ4n) is 0.174. The largest absolute Gasteiger partial charge is 0.312 e. The summed E-state index contributed by atoms with van der Waals surface area (Å²) in [5.74, 6) is 0. The molecule has 2 nitrogen and oxygen atoms in total. The van der Waals surface area contributed by atoms with Crippen molar-refractivity contribution in [1.29, 1.82) is 0 Å². The number of thiocarbonyl (C=S) groups is 1. The van der Waals surface area contributed by atoms with Crippen LogP contribution in [0.2, 0.25) is 0 Å². The third-order valence-electron chi connectivity index (χ3n) is 0.636. The van der Waals surface area contributed by atoms with Crippen LogP contribution in [0.3, 0.4) is 0 Å². The molecule has 0 N–H and O–H groups in total. The zero-order chi connectivity index (χ0) is 5.70. The SMILES string of the molecule is CCN(C=O)C=S. The molecule has 0 saturated carbocycles. The Morgan fingerprint density at radius 2 is 2.43 bits per heavy atom. The number of hydrogen-bond acceptors (Lipinski definition) is 2. The number of carbonyl (C=O) groups is 1. The van der Waals surface area contributed by atoms with Crippen LogP contribution in [0, 0.1) is 0 Å². The van der Waals surface area contributed by atoms with E-state index in [2.05, 4.69) is 12.2 Å². The van der Waals surface area contributed by atoms with Crippen LogP contribution < -0.4 is 0 Å². The first kappa shape index (κ1) is 6.56. The molecular formula is C4H7NOS. The summed E-state index contributed by atoms with van der Waals surface area (Å²) in [6, 6.07) is 0. The van der Waals surface area contributed by atoms with Crippen molar-refractivity contribution in [2.75, 3.05) is 6.54 Å². The first-order valence-corrected chi connectivity index (χ1v) is 2.48. The number of carbonyl (C=O) groups excluding carboxylic acids is 1. The quantitative estimate of drug-likeness (QED) is 0.394. The Hall–Kier alpha value is -0.440. The average Bonchev–Trinajstić information content (AvgIpc) is 1.72. The maximum absolute atomic E-state index is 9.80. The monoisotopic (exact) mass is 117 g/mol. The molecule has 0 atom stereocenters. The standard InChI is InChI=1S/C4H7NOS/c1-2-5(3-6)4-7/h3-4H,2H2,1H3. The summed E-state index contributed by atoms with van der Waals surface area (Å²) in [5.41, 5.74) is 1.33. The maximum Gasteiger partial charge on any atom is 0.214 e. The van der Waals surface area contributed by atoms with Crippen molar-refractivity contribution in [3.63, 3.8) is 0 Å². The molecule has 7 heavy (non-hydrogen) atoms. The highest BCUT2D eigenvalue weighted by Crippen LogP contribution is 1.71. The van der Waals surface area contributed by atoms with Crippen molar-refractivity contribution < 1.29 is 4.79 Å². The zero-order valence-corrected chi connectivity index (χ0v) is 4.94. The molecular weight excluding hydrogens is 110 g/mol. The first-order valence-electron chi connectivity index (χ1n) is 2.01. The van der Waals surface area contributed by atoms with Gasteiger partial charge < -0.3 is 4.90 Å². The van der Waals surface area contributed by atoms with Gasteiger partial charge in [0.1, 0.15) is 0 Å². The van der Waals surface area contributed by atoms with E-state index in [4.69, 9.17) is 0 Å². The lowest BCUT2D eigenvalue weighted by atomic mass is 10.7. The van der Waals surface area contributed by atoms with E-state index in [1.807, 2.05) is 6.92 Å². The van der Waals surface area contributed by atoms with Gasteiger partial charge in [-0.05, 0) is 6.92 Å². The van der Waals surface area contributed by atoms with Crippen molar-refractivity contribution >= 4 is 24.1 Å². The van der Waals surface area contributed by atoms with Gasteiger partial charge in [-0.1, -0.05) is 12.2 Å². The summed E-state index contributed by atoms with van der Waals surface area (Å²) in [7, 11) is 0. The van der Waals surface area contributed by atoms with Gasteiger partial charge in [0.05, 0.1) is 5.49 Å². The Morgan fingerprint density at radius 1 is 1.86 bits per heavy atom. The normalized spacial score (nSPS) is 7.57. The van der Waals surface area contributed by atoms with Gasteiger partial charge in [-0.2, -0.15) is 0 Å². The van der Waals surface area contributed by atoms with Gasteiger partial charge >= 0.3 is 0 Å². The Morgan fingerprint density at radius 3 is 2.43 bits per heavy atom. The van der Waals surface area contributed by atoms with Crippen LogP contribution >= 0.6 is 12.2 Å². The molecule has 40 valence electrons. The third-order valence-corrected chi connectivity index (χ3v) is 0.907. The molecule has 0 aromatic rings. The lowest BCUT2D eigenvalue weighted by Gasteiger charge is -2.02. The van der Waals surface area contributed by atoms with Gasteiger partial charge in [-0.3, -0.25) is 4.79 Å². The Balaban J connectivity index is 3.36. The zero-order valence-electron chi connectivity index (χ0n) is 4.13.